The van der Waals surface area contributed by atoms with Crippen LogP contribution in [0.3, 0.4) is 0 Å². The summed E-state index contributed by atoms with van der Waals surface area (Å²) < 4.78 is 2.11. The van der Waals surface area contributed by atoms with Crippen LogP contribution in [0.2, 0.25) is 5.02 Å². The molecule has 0 radical (unpaired) electrons. The predicted octanol–water partition coefficient (Wildman–Crippen LogP) is 4.86. The van der Waals surface area contributed by atoms with E-state index in [1.807, 2.05) is 24.3 Å². The molecule has 0 aliphatic heterocycles. The largest absolute Gasteiger partial charge is 0.397 e. The Morgan fingerprint density at radius 2 is 2.10 bits per heavy atom. The van der Waals surface area contributed by atoms with E-state index in [1.54, 1.807) is 18.3 Å². The second-order valence-corrected chi connectivity index (χ2v) is 9.27. The molecule has 7 nitrogen and oxygen atoms in total. The zero-order valence-electron chi connectivity index (χ0n) is 15.7. The summed E-state index contributed by atoms with van der Waals surface area (Å²) in [6.07, 6.45) is 3.88. The number of aromatic nitrogens is 4. The van der Waals surface area contributed by atoms with Gasteiger partial charge in [-0.25, -0.2) is 4.98 Å². The first-order valence-electron chi connectivity index (χ1n) is 9.37. The van der Waals surface area contributed by atoms with Crippen LogP contribution in [-0.4, -0.2) is 31.4 Å². The maximum Gasteiger partial charge on any atom is 0.234 e. The number of pyridine rings is 1. The van der Waals surface area contributed by atoms with Crippen LogP contribution in [0.1, 0.15) is 18.9 Å². The van der Waals surface area contributed by atoms with Gasteiger partial charge in [0.1, 0.15) is 4.83 Å². The van der Waals surface area contributed by atoms with Gasteiger partial charge in [0.15, 0.2) is 11.0 Å². The minimum atomic E-state index is -0.148. The highest BCUT2D eigenvalue weighted by Crippen LogP contribution is 2.45. The standard InChI is InChI=1S/C20H17ClN6OS2/c21-13-5-1-2-6-14(13)24-15(28)10-29-20-26-25-18(27(20)11-7-8-11)17-16(22)12-4-3-9-23-19(12)30-17/h1-6,9,11H,7-8,10,22H2,(H,24,28). The summed E-state index contributed by atoms with van der Waals surface area (Å²) in [5, 5.41) is 13.8. The molecule has 1 aliphatic rings. The topological polar surface area (TPSA) is 98.7 Å². The normalized spacial score (nSPS) is 13.6. The fraction of sp³-hybridized carbons (Fsp3) is 0.200. The summed E-state index contributed by atoms with van der Waals surface area (Å²) in [6.45, 7) is 0. The molecule has 0 bridgehead atoms. The number of halogens is 1. The third-order valence-corrected chi connectivity index (χ3v) is 7.16. The van der Waals surface area contributed by atoms with Crippen molar-refractivity contribution in [3.05, 3.63) is 47.6 Å². The van der Waals surface area contributed by atoms with E-state index in [4.69, 9.17) is 17.3 Å². The number of nitrogens with zero attached hydrogens (tertiary/aromatic N) is 4. The summed E-state index contributed by atoms with van der Waals surface area (Å²) in [5.74, 6) is 0.803. The molecule has 1 aliphatic carbocycles. The quantitative estimate of drug-likeness (QED) is 0.402. The molecule has 0 saturated heterocycles. The average Bonchev–Trinajstić information content (AvgIpc) is 3.42. The van der Waals surface area contributed by atoms with Crippen molar-refractivity contribution in [2.75, 3.05) is 16.8 Å². The van der Waals surface area contributed by atoms with Crippen molar-refractivity contribution in [1.29, 1.82) is 0 Å². The molecule has 0 spiro atoms. The Kier molecular flexibility index (Phi) is 5.10. The van der Waals surface area contributed by atoms with Crippen LogP contribution in [-0.2, 0) is 4.79 Å². The van der Waals surface area contributed by atoms with Crippen LogP contribution < -0.4 is 11.1 Å². The number of amides is 1. The van der Waals surface area contributed by atoms with Crippen molar-refractivity contribution < 1.29 is 4.79 Å². The van der Waals surface area contributed by atoms with Gasteiger partial charge in [-0.2, -0.15) is 0 Å². The SMILES string of the molecule is Nc1c(-c2nnc(SCC(=O)Nc3ccccc3Cl)n2C2CC2)sc2ncccc12. The molecule has 0 unspecified atom stereocenters. The first kappa shape index (κ1) is 19.3. The minimum absolute atomic E-state index is 0.148. The molecular formula is C20H17ClN6OS2. The number of fused-ring (bicyclic) bond motifs is 1. The number of hydrogen-bond donors (Lipinski definition) is 2. The highest BCUT2D eigenvalue weighted by molar-refractivity contribution is 7.99. The lowest BCUT2D eigenvalue weighted by Crippen LogP contribution is -2.15. The number of benzene rings is 1. The van der Waals surface area contributed by atoms with Gasteiger partial charge in [-0.1, -0.05) is 35.5 Å². The maximum atomic E-state index is 12.4. The molecule has 1 aromatic carbocycles. The number of para-hydroxylation sites is 1. The van der Waals surface area contributed by atoms with Crippen molar-refractivity contribution in [3.63, 3.8) is 0 Å². The summed E-state index contributed by atoms with van der Waals surface area (Å²) in [6, 6.07) is 11.3. The molecule has 152 valence electrons. The Morgan fingerprint density at radius 1 is 1.27 bits per heavy atom. The molecule has 1 fully saturated rings. The third-order valence-electron chi connectivity index (χ3n) is 4.76. The van der Waals surface area contributed by atoms with Gasteiger partial charge in [0.25, 0.3) is 0 Å². The number of nitrogens with one attached hydrogen (secondary N) is 1. The molecule has 3 N–H and O–H groups in total. The summed E-state index contributed by atoms with van der Waals surface area (Å²) in [7, 11) is 0. The summed E-state index contributed by atoms with van der Waals surface area (Å²) >= 11 is 8.99. The first-order chi connectivity index (χ1) is 14.6. The van der Waals surface area contributed by atoms with E-state index in [0.29, 0.717) is 27.6 Å². The Labute approximate surface area is 185 Å². The number of carbonyl (C=O) groups excluding carboxylic acids is 1. The van der Waals surface area contributed by atoms with Crippen molar-refractivity contribution in [1.82, 2.24) is 19.7 Å². The Bertz CT molecular complexity index is 1250. The fourth-order valence-electron chi connectivity index (χ4n) is 3.19. The number of thioether (sulfide) groups is 1. The number of nitrogens with two attached hydrogens (primary N) is 1. The lowest BCUT2D eigenvalue weighted by molar-refractivity contribution is -0.113. The lowest BCUT2D eigenvalue weighted by Gasteiger charge is -2.09. The molecule has 3 aromatic heterocycles. The van der Waals surface area contributed by atoms with Crippen LogP contribution in [0.25, 0.3) is 20.9 Å². The van der Waals surface area contributed by atoms with Crippen molar-refractivity contribution in [2.24, 2.45) is 0 Å². The van der Waals surface area contributed by atoms with Crippen LogP contribution in [0.5, 0.6) is 0 Å². The zero-order chi connectivity index (χ0) is 20.7. The molecule has 4 aromatic rings. The zero-order valence-corrected chi connectivity index (χ0v) is 18.1. The number of carbonyl (C=O) groups is 1. The van der Waals surface area contributed by atoms with E-state index in [-0.39, 0.29) is 11.7 Å². The summed E-state index contributed by atoms with van der Waals surface area (Å²) in [5.41, 5.74) is 7.67. The molecule has 5 rings (SSSR count). The number of rotatable bonds is 6. The van der Waals surface area contributed by atoms with Gasteiger partial charge >= 0.3 is 0 Å². The predicted molar refractivity (Wildman–Crippen MR) is 122 cm³/mol. The highest BCUT2D eigenvalue weighted by Gasteiger charge is 2.32. The van der Waals surface area contributed by atoms with Crippen molar-refractivity contribution in [2.45, 2.75) is 24.0 Å². The second kappa shape index (κ2) is 7.90. The highest BCUT2D eigenvalue weighted by atomic mass is 35.5. The van der Waals surface area contributed by atoms with E-state index in [9.17, 15) is 4.79 Å². The van der Waals surface area contributed by atoms with Crippen LogP contribution >= 0.6 is 34.7 Å². The van der Waals surface area contributed by atoms with Gasteiger partial charge in [0.05, 0.1) is 27.0 Å². The van der Waals surface area contributed by atoms with Crippen LogP contribution in [0.15, 0.2) is 47.8 Å². The van der Waals surface area contributed by atoms with Crippen molar-refractivity contribution in [3.8, 4) is 10.7 Å². The molecule has 1 saturated carbocycles. The molecule has 30 heavy (non-hydrogen) atoms. The minimum Gasteiger partial charge on any atom is -0.397 e. The number of anilines is 2. The maximum absolute atomic E-state index is 12.4. The van der Waals surface area contributed by atoms with Crippen LogP contribution in [0.4, 0.5) is 11.4 Å². The van der Waals surface area contributed by atoms with Gasteiger partial charge in [-0.05, 0) is 37.1 Å². The van der Waals surface area contributed by atoms with Gasteiger partial charge in [0, 0.05) is 17.6 Å². The van der Waals surface area contributed by atoms with Gasteiger partial charge in [-0.15, -0.1) is 21.5 Å². The van der Waals surface area contributed by atoms with E-state index < -0.39 is 0 Å². The molecule has 0 atom stereocenters. The number of thiophene rings is 1. The summed E-state index contributed by atoms with van der Waals surface area (Å²) in [4.78, 5) is 18.6. The monoisotopic (exact) mass is 456 g/mol. The van der Waals surface area contributed by atoms with E-state index in [0.717, 1.165) is 33.8 Å². The number of nitrogen functional groups attached to an aromatic ring is 1. The van der Waals surface area contributed by atoms with Gasteiger partial charge < -0.3 is 11.1 Å². The van der Waals surface area contributed by atoms with E-state index in [1.165, 1.54) is 23.1 Å². The van der Waals surface area contributed by atoms with E-state index in [2.05, 4.69) is 25.1 Å². The molecular weight excluding hydrogens is 440 g/mol. The van der Waals surface area contributed by atoms with E-state index >= 15 is 0 Å². The lowest BCUT2D eigenvalue weighted by atomic mass is 10.2. The molecule has 10 heteroatoms. The van der Waals surface area contributed by atoms with Gasteiger partial charge in [0.2, 0.25) is 5.91 Å². The first-order valence-corrected chi connectivity index (χ1v) is 11.6. The Morgan fingerprint density at radius 3 is 2.87 bits per heavy atom. The molecule has 3 heterocycles. The Hall–Kier alpha value is -2.62. The Balaban J connectivity index is 1.39. The number of hydrogen-bond acceptors (Lipinski definition) is 7. The third kappa shape index (κ3) is 3.64. The average molecular weight is 457 g/mol. The molecule has 1 amide bonds. The van der Waals surface area contributed by atoms with Gasteiger partial charge in [-0.3, -0.25) is 9.36 Å². The van der Waals surface area contributed by atoms with Crippen LogP contribution in [0, 0.1) is 0 Å². The van der Waals surface area contributed by atoms with Crippen molar-refractivity contribution >= 4 is 62.2 Å². The fourth-order valence-corrected chi connectivity index (χ4v) is 5.22. The smallest absolute Gasteiger partial charge is 0.234 e. The second-order valence-electron chi connectivity index (χ2n) is 6.93.